The quantitative estimate of drug-likeness (QED) is 0.716. The molecule has 0 aromatic heterocycles. The number of benzene rings is 1. The van der Waals surface area contributed by atoms with E-state index in [9.17, 15) is 4.79 Å². The lowest BCUT2D eigenvalue weighted by Crippen LogP contribution is -2.02. The molecule has 0 saturated heterocycles. The maximum atomic E-state index is 10.5. The highest BCUT2D eigenvalue weighted by Crippen LogP contribution is 2.12. The zero-order valence-electron chi connectivity index (χ0n) is 9.31. The van der Waals surface area contributed by atoms with E-state index in [1.165, 1.54) is 0 Å². The van der Waals surface area contributed by atoms with E-state index in [1.807, 2.05) is 0 Å². The van der Waals surface area contributed by atoms with E-state index in [0.29, 0.717) is 13.2 Å². The fraction of sp³-hybridized carbons (Fsp3) is 0.417. The van der Waals surface area contributed by atoms with Crippen molar-refractivity contribution in [1.29, 1.82) is 0 Å². The molecule has 88 valence electrons. The van der Waals surface area contributed by atoms with Gasteiger partial charge in [0.2, 0.25) is 0 Å². The molecule has 0 amide bonds. The van der Waals surface area contributed by atoms with Crippen LogP contribution in [0.5, 0.6) is 5.75 Å². The van der Waals surface area contributed by atoms with Gasteiger partial charge in [0.05, 0.1) is 13.0 Å². The second-order valence-electron chi connectivity index (χ2n) is 3.41. The molecule has 0 aliphatic heterocycles. The minimum atomic E-state index is -0.825. The van der Waals surface area contributed by atoms with Crippen LogP contribution >= 0.6 is 0 Å². The third kappa shape index (κ3) is 4.79. The van der Waals surface area contributed by atoms with Gasteiger partial charge < -0.3 is 14.6 Å². The average molecular weight is 224 g/mol. The fourth-order valence-corrected chi connectivity index (χ4v) is 1.27. The van der Waals surface area contributed by atoms with Crippen molar-refractivity contribution in [2.75, 3.05) is 20.3 Å². The third-order valence-corrected chi connectivity index (χ3v) is 2.04. The largest absolute Gasteiger partial charge is 0.494 e. The summed E-state index contributed by atoms with van der Waals surface area (Å²) in [5.74, 6) is -0.0704. The van der Waals surface area contributed by atoms with E-state index < -0.39 is 5.97 Å². The van der Waals surface area contributed by atoms with Crippen LogP contribution in [0.3, 0.4) is 0 Å². The Labute approximate surface area is 94.8 Å². The Balaban J connectivity index is 2.36. The number of aliphatic carboxylic acids is 1. The van der Waals surface area contributed by atoms with Gasteiger partial charge in [0.15, 0.2) is 0 Å². The maximum absolute atomic E-state index is 10.5. The Bertz CT molecular complexity index is 318. The molecule has 0 atom stereocenters. The first-order chi connectivity index (χ1) is 7.72. The van der Waals surface area contributed by atoms with Crippen LogP contribution in [0.25, 0.3) is 0 Å². The zero-order valence-corrected chi connectivity index (χ0v) is 9.31. The van der Waals surface area contributed by atoms with Crippen LogP contribution in [0.4, 0.5) is 0 Å². The number of hydrogen-bond acceptors (Lipinski definition) is 3. The summed E-state index contributed by atoms with van der Waals surface area (Å²) in [6, 6.07) is 7.09. The van der Waals surface area contributed by atoms with Gasteiger partial charge in [-0.25, -0.2) is 0 Å². The molecule has 1 aromatic carbocycles. The summed E-state index contributed by atoms with van der Waals surface area (Å²) in [5, 5.41) is 8.59. The Hall–Kier alpha value is -1.55. The Morgan fingerprint density at radius 2 is 1.94 bits per heavy atom. The molecule has 0 saturated carbocycles. The molecule has 0 spiro atoms. The Morgan fingerprint density at radius 3 is 2.50 bits per heavy atom. The van der Waals surface area contributed by atoms with Gasteiger partial charge in [-0.15, -0.1) is 0 Å². The van der Waals surface area contributed by atoms with Crippen molar-refractivity contribution in [3.8, 4) is 5.75 Å². The van der Waals surface area contributed by atoms with E-state index in [1.54, 1.807) is 31.4 Å². The second-order valence-corrected chi connectivity index (χ2v) is 3.41. The normalized spacial score (nSPS) is 10.1. The van der Waals surface area contributed by atoms with Gasteiger partial charge in [-0.1, -0.05) is 12.1 Å². The van der Waals surface area contributed by atoms with Crippen molar-refractivity contribution in [2.45, 2.75) is 12.8 Å². The van der Waals surface area contributed by atoms with Gasteiger partial charge in [0.25, 0.3) is 0 Å². The monoisotopic (exact) mass is 224 g/mol. The molecule has 4 heteroatoms. The van der Waals surface area contributed by atoms with Crippen molar-refractivity contribution in [3.05, 3.63) is 29.8 Å². The molecule has 0 fully saturated rings. The highest BCUT2D eigenvalue weighted by Gasteiger charge is 2.00. The van der Waals surface area contributed by atoms with Crippen LogP contribution in [0.2, 0.25) is 0 Å². The van der Waals surface area contributed by atoms with Gasteiger partial charge in [-0.05, 0) is 17.7 Å². The van der Waals surface area contributed by atoms with Crippen molar-refractivity contribution >= 4 is 5.97 Å². The number of methoxy groups -OCH3 is 1. The summed E-state index contributed by atoms with van der Waals surface area (Å²) in [7, 11) is 1.65. The molecule has 16 heavy (non-hydrogen) atoms. The molecular weight excluding hydrogens is 208 g/mol. The second kappa shape index (κ2) is 6.85. The van der Waals surface area contributed by atoms with Crippen molar-refractivity contribution in [1.82, 2.24) is 0 Å². The van der Waals surface area contributed by atoms with Crippen LogP contribution in [-0.4, -0.2) is 31.4 Å². The first-order valence-electron chi connectivity index (χ1n) is 5.15. The molecule has 0 aliphatic carbocycles. The van der Waals surface area contributed by atoms with E-state index in [2.05, 4.69) is 0 Å². The predicted molar refractivity (Wildman–Crippen MR) is 59.8 cm³/mol. The first kappa shape index (κ1) is 12.5. The number of hydrogen-bond donors (Lipinski definition) is 1. The lowest BCUT2D eigenvalue weighted by atomic mass is 10.1. The minimum absolute atomic E-state index is 0.0456. The van der Waals surface area contributed by atoms with Crippen LogP contribution < -0.4 is 4.74 Å². The molecule has 0 unspecified atom stereocenters. The van der Waals surface area contributed by atoms with Gasteiger partial charge in [0, 0.05) is 20.1 Å². The molecule has 0 heterocycles. The molecule has 0 bridgehead atoms. The van der Waals surface area contributed by atoms with Crippen LogP contribution in [0.15, 0.2) is 24.3 Å². The van der Waals surface area contributed by atoms with Gasteiger partial charge in [-0.3, -0.25) is 4.79 Å². The molecule has 0 radical (unpaired) electrons. The number of ether oxygens (including phenoxy) is 2. The first-order valence-corrected chi connectivity index (χ1v) is 5.15. The highest BCUT2D eigenvalue weighted by molar-refractivity contribution is 5.70. The summed E-state index contributed by atoms with van der Waals surface area (Å²) in [4.78, 5) is 10.5. The summed E-state index contributed by atoms with van der Waals surface area (Å²) >= 11 is 0. The van der Waals surface area contributed by atoms with E-state index in [0.717, 1.165) is 17.7 Å². The number of carboxylic acid groups (broad SMARTS) is 1. The summed E-state index contributed by atoms with van der Waals surface area (Å²) in [6.45, 7) is 1.28. The van der Waals surface area contributed by atoms with Crippen molar-refractivity contribution < 1.29 is 19.4 Å². The van der Waals surface area contributed by atoms with Gasteiger partial charge in [0.1, 0.15) is 5.75 Å². The SMILES string of the molecule is COCCCOc1ccc(CC(=O)O)cc1. The molecule has 0 aliphatic rings. The topological polar surface area (TPSA) is 55.8 Å². The lowest BCUT2D eigenvalue weighted by Gasteiger charge is -2.06. The fourth-order valence-electron chi connectivity index (χ4n) is 1.27. The smallest absolute Gasteiger partial charge is 0.307 e. The number of carboxylic acids is 1. The minimum Gasteiger partial charge on any atom is -0.494 e. The molecule has 1 aromatic rings. The van der Waals surface area contributed by atoms with E-state index in [4.69, 9.17) is 14.6 Å². The number of rotatable bonds is 7. The van der Waals surface area contributed by atoms with Crippen LogP contribution in [-0.2, 0) is 16.0 Å². The molecule has 1 rings (SSSR count). The van der Waals surface area contributed by atoms with E-state index >= 15 is 0 Å². The highest BCUT2D eigenvalue weighted by atomic mass is 16.5. The van der Waals surface area contributed by atoms with Crippen LogP contribution in [0.1, 0.15) is 12.0 Å². The lowest BCUT2D eigenvalue weighted by molar-refractivity contribution is -0.136. The Morgan fingerprint density at radius 1 is 1.25 bits per heavy atom. The molecular formula is C12H16O4. The van der Waals surface area contributed by atoms with Crippen molar-refractivity contribution in [2.24, 2.45) is 0 Å². The maximum Gasteiger partial charge on any atom is 0.307 e. The third-order valence-electron chi connectivity index (χ3n) is 2.04. The van der Waals surface area contributed by atoms with Gasteiger partial charge in [-0.2, -0.15) is 0 Å². The number of carbonyl (C=O) groups is 1. The van der Waals surface area contributed by atoms with E-state index in [-0.39, 0.29) is 6.42 Å². The van der Waals surface area contributed by atoms with Crippen molar-refractivity contribution in [3.63, 3.8) is 0 Å². The summed E-state index contributed by atoms with van der Waals surface area (Å²) in [6.07, 6.45) is 0.886. The van der Waals surface area contributed by atoms with Gasteiger partial charge >= 0.3 is 5.97 Å². The average Bonchev–Trinajstić information content (AvgIpc) is 2.26. The summed E-state index contributed by atoms with van der Waals surface area (Å²) < 4.78 is 10.3. The predicted octanol–water partition coefficient (Wildman–Crippen LogP) is 1.73. The zero-order chi connectivity index (χ0) is 11.8. The Kier molecular flexibility index (Phi) is 5.36. The molecule has 1 N–H and O–H groups in total. The standard InChI is InChI=1S/C12H16O4/c1-15-7-2-8-16-11-5-3-10(4-6-11)9-12(13)14/h3-6H,2,7-9H2,1H3,(H,13,14). The van der Waals surface area contributed by atoms with Crippen LogP contribution in [0, 0.1) is 0 Å². The summed E-state index contributed by atoms with van der Waals surface area (Å²) in [5.41, 5.74) is 0.775. The molecule has 4 nitrogen and oxygen atoms in total.